The molecule has 1 amide bonds. The first-order valence-corrected chi connectivity index (χ1v) is 7.88. The van der Waals surface area contributed by atoms with Gasteiger partial charge in [0.25, 0.3) is 0 Å². The molecule has 1 saturated carbocycles. The van der Waals surface area contributed by atoms with Gasteiger partial charge in [0.15, 0.2) is 0 Å². The Morgan fingerprint density at radius 1 is 1.38 bits per heavy atom. The molecular formula is C16H27N3O2. The van der Waals surface area contributed by atoms with Crippen LogP contribution in [0.4, 0.5) is 4.79 Å². The lowest BCUT2D eigenvalue weighted by atomic mass is 9.95. The molecule has 0 radical (unpaired) electrons. The van der Waals surface area contributed by atoms with E-state index in [0.717, 1.165) is 5.69 Å². The first-order chi connectivity index (χ1) is 9.87. The maximum Gasteiger partial charge on any atom is 0.408 e. The third-order valence-electron chi connectivity index (χ3n) is 3.84. The number of imidazole rings is 1. The molecule has 1 aliphatic carbocycles. The zero-order valence-electron chi connectivity index (χ0n) is 13.6. The molecule has 1 aliphatic rings. The summed E-state index contributed by atoms with van der Waals surface area (Å²) in [5.41, 5.74) is 0.570. The maximum absolute atomic E-state index is 11.9. The van der Waals surface area contributed by atoms with Crippen LogP contribution in [-0.2, 0) is 4.74 Å². The van der Waals surface area contributed by atoms with Gasteiger partial charge in [0.2, 0.25) is 0 Å². The minimum absolute atomic E-state index is 0.107. The molecule has 118 valence electrons. The van der Waals surface area contributed by atoms with Crippen molar-refractivity contribution < 1.29 is 9.53 Å². The van der Waals surface area contributed by atoms with Gasteiger partial charge in [0.05, 0.1) is 24.3 Å². The Hall–Kier alpha value is -1.52. The zero-order valence-corrected chi connectivity index (χ0v) is 13.6. The summed E-state index contributed by atoms with van der Waals surface area (Å²) >= 11 is 0. The van der Waals surface area contributed by atoms with Gasteiger partial charge in [-0.05, 0) is 40.5 Å². The normalized spacial score (nSPS) is 18.3. The van der Waals surface area contributed by atoms with Crippen molar-refractivity contribution in [2.24, 2.45) is 0 Å². The first kappa shape index (κ1) is 15.9. The predicted molar refractivity (Wildman–Crippen MR) is 82.1 cm³/mol. The van der Waals surface area contributed by atoms with Gasteiger partial charge in [-0.25, -0.2) is 9.78 Å². The van der Waals surface area contributed by atoms with Gasteiger partial charge in [-0.3, -0.25) is 0 Å². The van der Waals surface area contributed by atoms with Crippen LogP contribution in [0.25, 0.3) is 0 Å². The highest BCUT2D eigenvalue weighted by Crippen LogP contribution is 2.30. The number of ether oxygens (including phenoxy) is 1. The number of rotatable bonds is 3. The number of hydrogen-bond donors (Lipinski definition) is 1. The van der Waals surface area contributed by atoms with Crippen molar-refractivity contribution in [3.63, 3.8) is 0 Å². The summed E-state index contributed by atoms with van der Waals surface area (Å²) in [4.78, 5) is 16.2. The molecule has 1 aromatic heterocycles. The molecule has 0 spiro atoms. The average molecular weight is 293 g/mol. The fourth-order valence-corrected chi connectivity index (χ4v) is 2.87. The van der Waals surface area contributed by atoms with E-state index in [4.69, 9.17) is 4.74 Å². The largest absolute Gasteiger partial charge is 0.444 e. The Morgan fingerprint density at radius 3 is 2.67 bits per heavy atom. The number of carbonyl (C=O) groups excluding carboxylic acids is 1. The average Bonchev–Trinajstić information content (AvgIpc) is 2.86. The summed E-state index contributed by atoms with van der Waals surface area (Å²) in [5.74, 6) is 0. The van der Waals surface area contributed by atoms with Gasteiger partial charge in [-0.15, -0.1) is 0 Å². The summed E-state index contributed by atoms with van der Waals surface area (Å²) < 4.78 is 7.54. The summed E-state index contributed by atoms with van der Waals surface area (Å²) in [6.45, 7) is 7.57. The highest BCUT2D eigenvalue weighted by atomic mass is 16.6. The van der Waals surface area contributed by atoms with Crippen molar-refractivity contribution >= 4 is 6.09 Å². The van der Waals surface area contributed by atoms with Crippen LogP contribution in [0.1, 0.15) is 77.6 Å². The quantitative estimate of drug-likeness (QED) is 0.917. The summed E-state index contributed by atoms with van der Waals surface area (Å²) in [6.07, 6.45) is 9.62. The van der Waals surface area contributed by atoms with Crippen molar-refractivity contribution in [2.45, 2.75) is 77.5 Å². The second-order valence-electron chi connectivity index (χ2n) is 6.89. The van der Waals surface area contributed by atoms with Gasteiger partial charge < -0.3 is 14.6 Å². The van der Waals surface area contributed by atoms with Crippen LogP contribution in [0.15, 0.2) is 12.5 Å². The van der Waals surface area contributed by atoms with E-state index >= 15 is 0 Å². The number of alkyl carbamates (subject to hydrolysis) is 1. The van der Waals surface area contributed by atoms with Crippen LogP contribution < -0.4 is 5.32 Å². The second kappa shape index (κ2) is 6.50. The van der Waals surface area contributed by atoms with Crippen LogP contribution in [0.5, 0.6) is 0 Å². The molecule has 5 nitrogen and oxygen atoms in total. The molecule has 0 bridgehead atoms. The standard InChI is InChI=1S/C16H27N3O2/c1-12(18-15(20)21-16(2,3)4)14-10-17-11-19(14)13-8-6-5-7-9-13/h10-13H,5-9H2,1-4H3,(H,18,20)/t12-/m1/s1. The van der Waals surface area contributed by atoms with Crippen LogP contribution in [0.3, 0.4) is 0 Å². The summed E-state index contributed by atoms with van der Waals surface area (Å²) in [7, 11) is 0. The SMILES string of the molecule is C[C@@H](NC(=O)OC(C)(C)C)c1cncn1C1CCCCC1. The molecule has 1 N–H and O–H groups in total. The number of hydrogen-bond acceptors (Lipinski definition) is 3. The van der Waals surface area contributed by atoms with E-state index in [1.807, 2.05) is 40.2 Å². The van der Waals surface area contributed by atoms with Crippen LogP contribution in [0, 0.1) is 0 Å². The van der Waals surface area contributed by atoms with E-state index in [1.165, 1.54) is 32.1 Å². The van der Waals surface area contributed by atoms with Crippen LogP contribution in [-0.4, -0.2) is 21.2 Å². The topological polar surface area (TPSA) is 56.1 Å². The van der Waals surface area contributed by atoms with Crippen LogP contribution >= 0.6 is 0 Å². The molecule has 1 aromatic rings. The third-order valence-corrected chi connectivity index (χ3v) is 3.84. The van der Waals surface area contributed by atoms with E-state index in [2.05, 4.69) is 14.9 Å². The first-order valence-electron chi connectivity index (χ1n) is 7.88. The van der Waals surface area contributed by atoms with Gasteiger partial charge in [0, 0.05) is 6.04 Å². The molecule has 1 fully saturated rings. The molecule has 1 atom stereocenters. The van der Waals surface area contributed by atoms with Crippen LogP contribution in [0.2, 0.25) is 0 Å². The Labute approximate surface area is 127 Å². The molecule has 1 heterocycles. The highest BCUT2D eigenvalue weighted by Gasteiger charge is 2.23. The zero-order chi connectivity index (χ0) is 15.5. The third kappa shape index (κ3) is 4.48. The Kier molecular flexibility index (Phi) is 4.91. The van der Waals surface area contributed by atoms with E-state index in [-0.39, 0.29) is 12.1 Å². The van der Waals surface area contributed by atoms with Crippen molar-refractivity contribution in [1.29, 1.82) is 0 Å². The lowest BCUT2D eigenvalue weighted by Crippen LogP contribution is -2.35. The van der Waals surface area contributed by atoms with Crippen molar-refractivity contribution in [1.82, 2.24) is 14.9 Å². The monoisotopic (exact) mass is 293 g/mol. The molecule has 2 rings (SSSR count). The Balaban J connectivity index is 2.01. The van der Waals surface area contributed by atoms with E-state index in [9.17, 15) is 4.79 Å². The summed E-state index contributed by atoms with van der Waals surface area (Å²) in [5, 5.41) is 2.90. The predicted octanol–water partition coefficient (Wildman–Crippen LogP) is 3.97. The number of aromatic nitrogens is 2. The highest BCUT2D eigenvalue weighted by molar-refractivity contribution is 5.68. The van der Waals surface area contributed by atoms with E-state index in [0.29, 0.717) is 6.04 Å². The summed E-state index contributed by atoms with van der Waals surface area (Å²) in [6, 6.07) is 0.406. The fourth-order valence-electron chi connectivity index (χ4n) is 2.87. The fraction of sp³-hybridized carbons (Fsp3) is 0.750. The molecule has 0 unspecified atom stereocenters. The number of amides is 1. The van der Waals surface area contributed by atoms with Gasteiger partial charge in [0.1, 0.15) is 5.60 Å². The number of nitrogens with zero attached hydrogens (tertiary/aromatic N) is 2. The lowest BCUT2D eigenvalue weighted by Gasteiger charge is -2.27. The molecule has 5 heteroatoms. The van der Waals surface area contributed by atoms with Crippen molar-refractivity contribution in [3.8, 4) is 0 Å². The Morgan fingerprint density at radius 2 is 2.05 bits per heavy atom. The van der Waals surface area contributed by atoms with Gasteiger partial charge >= 0.3 is 6.09 Å². The van der Waals surface area contributed by atoms with Crippen molar-refractivity contribution in [3.05, 3.63) is 18.2 Å². The number of carbonyl (C=O) groups is 1. The van der Waals surface area contributed by atoms with E-state index < -0.39 is 5.60 Å². The molecule has 21 heavy (non-hydrogen) atoms. The number of nitrogens with one attached hydrogen (secondary N) is 1. The maximum atomic E-state index is 11.9. The minimum atomic E-state index is -0.479. The van der Waals surface area contributed by atoms with Gasteiger partial charge in [-0.1, -0.05) is 19.3 Å². The molecule has 0 saturated heterocycles. The smallest absolute Gasteiger partial charge is 0.408 e. The van der Waals surface area contributed by atoms with Gasteiger partial charge in [-0.2, -0.15) is 0 Å². The lowest BCUT2D eigenvalue weighted by molar-refractivity contribution is 0.0505. The Bertz CT molecular complexity index is 470. The van der Waals surface area contributed by atoms with E-state index in [1.54, 1.807) is 0 Å². The molecule has 0 aliphatic heterocycles. The van der Waals surface area contributed by atoms with Crippen molar-refractivity contribution in [2.75, 3.05) is 0 Å². The minimum Gasteiger partial charge on any atom is -0.444 e. The second-order valence-corrected chi connectivity index (χ2v) is 6.89. The molecule has 0 aromatic carbocycles. The molecular weight excluding hydrogens is 266 g/mol.